The number of anilines is 1. The van der Waals surface area contributed by atoms with Crippen molar-refractivity contribution in [3.8, 4) is 10.4 Å². The van der Waals surface area contributed by atoms with Crippen molar-refractivity contribution >= 4 is 22.4 Å². The number of benzene rings is 1. The van der Waals surface area contributed by atoms with Crippen molar-refractivity contribution in [1.82, 2.24) is 4.98 Å². The van der Waals surface area contributed by atoms with E-state index in [4.69, 9.17) is 15.6 Å². The largest absolute Gasteiger partial charge is 0.476 e. The zero-order valence-electron chi connectivity index (χ0n) is 9.71. The maximum absolute atomic E-state index is 11.0. The molecule has 1 heterocycles. The number of nitrogen functional groups attached to an aromatic ring is 1. The van der Waals surface area contributed by atoms with Gasteiger partial charge in [0, 0.05) is 7.11 Å². The van der Waals surface area contributed by atoms with Crippen LogP contribution in [0.3, 0.4) is 0 Å². The highest BCUT2D eigenvalue weighted by Crippen LogP contribution is 2.31. The van der Waals surface area contributed by atoms with Gasteiger partial charge in [0.15, 0.2) is 10.8 Å². The molecule has 1 aromatic carbocycles. The van der Waals surface area contributed by atoms with Gasteiger partial charge in [0.2, 0.25) is 0 Å². The van der Waals surface area contributed by atoms with Gasteiger partial charge in [0.1, 0.15) is 0 Å². The van der Waals surface area contributed by atoms with E-state index in [2.05, 4.69) is 4.98 Å². The Balaban J connectivity index is 2.39. The molecule has 94 valence electrons. The van der Waals surface area contributed by atoms with Crippen LogP contribution >= 0.6 is 11.3 Å². The van der Waals surface area contributed by atoms with E-state index < -0.39 is 5.97 Å². The van der Waals surface area contributed by atoms with E-state index in [-0.39, 0.29) is 10.8 Å². The quantitative estimate of drug-likeness (QED) is 0.884. The van der Waals surface area contributed by atoms with E-state index in [1.807, 2.05) is 24.3 Å². The second-order valence-corrected chi connectivity index (χ2v) is 4.70. The molecule has 0 aliphatic carbocycles. The Morgan fingerprint density at radius 2 is 2.11 bits per heavy atom. The van der Waals surface area contributed by atoms with E-state index in [0.717, 1.165) is 11.1 Å². The maximum atomic E-state index is 11.0. The summed E-state index contributed by atoms with van der Waals surface area (Å²) in [4.78, 5) is 15.4. The summed E-state index contributed by atoms with van der Waals surface area (Å²) in [6.07, 6.45) is 0. The average molecular weight is 264 g/mol. The van der Waals surface area contributed by atoms with Gasteiger partial charge in [-0.05, 0) is 11.1 Å². The van der Waals surface area contributed by atoms with Crippen LogP contribution in [-0.4, -0.2) is 23.2 Å². The first-order valence-electron chi connectivity index (χ1n) is 5.19. The number of rotatable bonds is 4. The van der Waals surface area contributed by atoms with E-state index in [9.17, 15) is 4.79 Å². The third kappa shape index (κ3) is 2.49. The predicted molar refractivity (Wildman–Crippen MR) is 69.6 cm³/mol. The first-order chi connectivity index (χ1) is 8.61. The maximum Gasteiger partial charge on any atom is 0.356 e. The van der Waals surface area contributed by atoms with Crippen LogP contribution < -0.4 is 5.73 Å². The number of methoxy groups -OCH3 is 1. The highest BCUT2D eigenvalue weighted by Gasteiger charge is 2.17. The summed E-state index contributed by atoms with van der Waals surface area (Å²) in [5, 5.41) is 9.30. The van der Waals surface area contributed by atoms with Crippen LogP contribution in [-0.2, 0) is 11.3 Å². The van der Waals surface area contributed by atoms with Crippen LogP contribution in [0.4, 0.5) is 5.13 Å². The topological polar surface area (TPSA) is 85.4 Å². The van der Waals surface area contributed by atoms with Crippen LogP contribution in [0.25, 0.3) is 10.4 Å². The second kappa shape index (κ2) is 5.16. The lowest BCUT2D eigenvalue weighted by atomic mass is 10.1. The number of hydrogen-bond donors (Lipinski definition) is 2. The molecule has 0 spiro atoms. The van der Waals surface area contributed by atoms with Crippen LogP contribution in [0.5, 0.6) is 0 Å². The van der Waals surface area contributed by atoms with Crippen molar-refractivity contribution in [2.24, 2.45) is 0 Å². The Morgan fingerprint density at radius 1 is 1.44 bits per heavy atom. The number of nitrogens with two attached hydrogens (primary N) is 1. The van der Waals surface area contributed by atoms with Crippen LogP contribution in [0.2, 0.25) is 0 Å². The third-order valence-electron chi connectivity index (χ3n) is 2.37. The lowest BCUT2D eigenvalue weighted by molar-refractivity contribution is 0.0692. The second-order valence-electron chi connectivity index (χ2n) is 3.66. The van der Waals surface area contributed by atoms with Gasteiger partial charge in [-0.25, -0.2) is 9.78 Å². The van der Waals surface area contributed by atoms with Crippen molar-refractivity contribution in [2.75, 3.05) is 12.8 Å². The minimum atomic E-state index is -1.07. The molecule has 0 unspecified atom stereocenters. The fraction of sp³-hybridized carbons (Fsp3) is 0.167. The van der Waals surface area contributed by atoms with Gasteiger partial charge in [0.05, 0.1) is 11.5 Å². The number of carboxylic acid groups (broad SMARTS) is 1. The molecular formula is C12H12N2O3S. The molecule has 5 nitrogen and oxygen atoms in total. The Kier molecular flexibility index (Phi) is 3.59. The zero-order chi connectivity index (χ0) is 13.1. The molecular weight excluding hydrogens is 252 g/mol. The summed E-state index contributed by atoms with van der Waals surface area (Å²) >= 11 is 1.17. The number of thiazole rings is 1. The number of aromatic nitrogens is 1. The normalized spacial score (nSPS) is 10.5. The monoisotopic (exact) mass is 264 g/mol. The van der Waals surface area contributed by atoms with Crippen LogP contribution in [0, 0.1) is 0 Å². The molecule has 3 N–H and O–H groups in total. The molecule has 6 heteroatoms. The molecule has 0 amide bonds. The van der Waals surface area contributed by atoms with Crippen molar-refractivity contribution < 1.29 is 14.6 Å². The van der Waals surface area contributed by atoms with Crippen LogP contribution in [0.1, 0.15) is 16.1 Å². The van der Waals surface area contributed by atoms with Crippen molar-refractivity contribution in [3.63, 3.8) is 0 Å². The molecule has 0 atom stereocenters. The minimum absolute atomic E-state index is 0.00279. The lowest BCUT2D eigenvalue weighted by Gasteiger charge is -2.02. The molecule has 0 fully saturated rings. The summed E-state index contributed by atoms with van der Waals surface area (Å²) in [7, 11) is 1.63. The van der Waals surface area contributed by atoms with E-state index in [1.165, 1.54) is 11.3 Å². The molecule has 0 saturated carbocycles. The predicted octanol–water partition coefficient (Wildman–Crippen LogP) is 2.24. The average Bonchev–Trinajstić information content (AvgIpc) is 2.73. The first-order valence-corrected chi connectivity index (χ1v) is 6.01. The number of aromatic carboxylic acids is 1. The molecule has 18 heavy (non-hydrogen) atoms. The summed E-state index contributed by atoms with van der Waals surface area (Å²) in [6, 6.07) is 7.46. The van der Waals surface area contributed by atoms with Gasteiger partial charge in [-0.15, -0.1) is 0 Å². The van der Waals surface area contributed by atoms with E-state index >= 15 is 0 Å². The standard InChI is InChI=1S/C12H12N2O3S/c1-17-6-7-2-4-8(5-3-7)10-9(11(15)16)14-12(13)18-10/h2-5H,6H2,1H3,(H2,13,14)(H,15,16). The number of carbonyl (C=O) groups is 1. The highest BCUT2D eigenvalue weighted by atomic mass is 32.1. The van der Waals surface area contributed by atoms with Crippen LogP contribution in [0.15, 0.2) is 24.3 Å². The number of hydrogen-bond acceptors (Lipinski definition) is 5. The Hall–Kier alpha value is -1.92. The van der Waals surface area contributed by atoms with Gasteiger partial charge in [-0.3, -0.25) is 0 Å². The van der Waals surface area contributed by atoms with E-state index in [1.54, 1.807) is 7.11 Å². The summed E-state index contributed by atoms with van der Waals surface area (Å²) < 4.78 is 5.02. The number of ether oxygens (including phenoxy) is 1. The molecule has 2 aromatic rings. The van der Waals surface area contributed by atoms with Gasteiger partial charge in [0.25, 0.3) is 0 Å². The minimum Gasteiger partial charge on any atom is -0.476 e. The fourth-order valence-corrected chi connectivity index (χ4v) is 2.43. The zero-order valence-corrected chi connectivity index (χ0v) is 10.5. The summed E-state index contributed by atoms with van der Waals surface area (Å²) in [5.74, 6) is -1.07. The molecule has 1 aromatic heterocycles. The number of carboxylic acids is 1. The summed E-state index contributed by atoms with van der Waals surface area (Å²) in [5.41, 5.74) is 7.37. The SMILES string of the molecule is COCc1ccc(-c2sc(N)nc2C(=O)O)cc1. The lowest BCUT2D eigenvalue weighted by Crippen LogP contribution is -1.99. The molecule has 0 saturated heterocycles. The van der Waals surface area contributed by atoms with Crippen molar-refractivity contribution in [3.05, 3.63) is 35.5 Å². The van der Waals surface area contributed by atoms with Crippen molar-refractivity contribution in [1.29, 1.82) is 0 Å². The fourth-order valence-electron chi connectivity index (χ4n) is 1.60. The molecule has 0 aliphatic rings. The van der Waals surface area contributed by atoms with Gasteiger partial charge >= 0.3 is 5.97 Å². The third-order valence-corrected chi connectivity index (χ3v) is 3.31. The smallest absolute Gasteiger partial charge is 0.356 e. The first kappa shape index (κ1) is 12.5. The van der Waals surface area contributed by atoms with Crippen molar-refractivity contribution in [2.45, 2.75) is 6.61 Å². The van der Waals surface area contributed by atoms with Gasteiger partial charge in [-0.2, -0.15) is 0 Å². The molecule has 2 rings (SSSR count). The Bertz CT molecular complexity index is 563. The molecule has 0 aliphatic heterocycles. The van der Waals surface area contributed by atoms with E-state index in [0.29, 0.717) is 11.5 Å². The summed E-state index contributed by atoms with van der Waals surface area (Å²) in [6.45, 7) is 0.525. The Labute approximate surface area is 108 Å². The molecule has 0 bridgehead atoms. The highest BCUT2D eigenvalue weighted by molar-refractivity contribution is 7.19. The van der Waals surface area contributed by atoms with Gasteiger partial charge < -0.3 is 15.6 Å². The van der Waals surface area contributed by atoms with Gasteiger partial charge in [-0.1, -0.05) is 35.6 Å². The molecule has 0 radical (unpaired) electrons. The number of nitrogens with zero attached hydrogens (tertiary/aromatic N) is 1. The Morgan fingerprint density at radius 3 is 2.67 bits per heavy atom.